The number of thioether (sulfide) groups is 1. The predicted octanol–water partition coefficient (Wildman–Crippen LogP) is 4.86. The highest BCUT2D eigenvalue weighted by Gasteiger charge is 2.22. The fourth-order valence-corrected chi connectivity index (χ4v) is 3.39. The van der Waals surface area contributed by atoms with Crippen LogP contribution in [0.2, 0.25) is 0 Å². The summed E-state index contributed by atoms with van der Waals surface area (Å²) in [5, 5.41) is 2.59. The maximum atomic E-state index is 12.9. The maximum absolute atomic E-state index is 12.9. The number of aromatic nitrogens is 1. The summed E-state index contributed by atoms with van der Waals surface area (Å²) in [5.41, 5.74) is 1.84. The number of carbonyl (C=O) groups is 1. The van der Waals surface area contributed by atoms with Crippen molar-refractivity contribution in [1.29, 1.82) is 0 Å². The molecular weight excluding hydrogens is 316 g/mol. The molecule has 0 unspecified atom stereocenters. The molecule has 0 spiro atoms. The van der Waals surface area contributed by atoms with Crippen LogP contribution >= 0.6 is 11.8 Å². The van der Waals surface area contributed by atoms with Gasteiger partial charge in [0.25, 0.3) is 0 Å². The Morgan fingerprint density at radius 3 is 2.25 bits per heavy atom. The van der Waals surface area contributed by atoms with Gasteiger partial charge < -0.3 is 5.32 Å². The van der Waals surface area contributed by atoms with E-state index in [0.717, 1.165) is 16.2 Å². The standard InChI is InChI=1S/C20H18N2OS/c1-15-9-8-14-18(21-15)22-20(23)19(16-10-4-2-5-11-16)24-17-12-6-3-7-13-17/h2-14,19H,1H3,(H,21,22,23)/t19-/m1/s1. The van der Waals surface area contributed by atoms with Crippen LogP contribution in [-0.4, -0.2) is 10.9 Å². The van der Waals surface area contributed by atoms with Crippen LogP contribution in [0.15, 0.2) is 83.8 Å². The molecule has 0 saturated heterocycles. The van der Waals surface area contributed by atoms with Gasteiger partial charge in [-0.3, -0.25) is 4.79 Å². The Balaban J connectivity index is 1.85. The third-order valence-electron chi connectivity index (χ3n) is 3.48. The van der Waals surface area contributed by atoms with Crippen molar-refractivity contribution in [1.82, 2.24) is 4.98 Å². The van der Waals surface area contributed by atoms with Gasteiger partial charge in [-0.1, -0.05) is 54.6 Å². The van der Waals surface area contributed by atoms with Gasteiger partial charge in [-0.05, 0) is 36.8 Å². The second-order valence-electron chi connectivity index (χ2n) is 5.38. The molecule has 3 nitrogen and oxygen atoms in total. The topological polar surface area (TPSA) is 42.0 Å². The molecule has 2 aromatic carbocycles. The first-order valence-electron chi connectivity index (χ1n) is 7.73. The van der Waals surface area contributed by atoms with E-state index in [1.54, 1.807) is 6.07 Å². The van der Waals surface area contributed by atoms with Gasteiger partial charge in [0.1, 0.15) is 11.1 Å². The Hall–Kier alpha value is -2.59. The van der Waals surface area contributed by atoms with E-state index in [1.807, 2.05) is 79.7 Å². The molecule has 0 aliphatic heterocycles. The Morgan fingerprint density at radius 2 is 1.58 bits per heavy atom. The maximum Gasteiger partial charge on any atom is 0.243 e. The van der Waals surface area contributed by atoms with Crippen LogP contribution < -0.4 is 5.32 Å². The number of benzene rings is 2. The SMILES string of the molecule is Cc1cccc(NC(=O)[C@H](Sc2ccccc2)c2ccccc2)n1. The van der Waals surface area contributed by atoms with Gasteiger partial charge in [-0.15, -0.1) is 11.8 Å². The summed E-state index contributed by atoms with van der Waals surface area (Å²) in [5.74, 6) is 0.503. The highest BCUT2D eigenvalue weighted by molar-refractivity contribution is 8.00. The first-order valence-corrected chi connectivity index (χ1v) is 8.61. The monoisotopic (exact) mass is 334 g/mol. The van der Waals surface area contributed by atoms with Crippen LogP contribution in [-0.2, 0) is 4.79 Å². The molecule has 0 aliphatic rings. The van der Waals surface area contributed by atoms with E-state index in [9.17, 15) is 4.79 Å². The summed E-state index contributed by atoms with van der Waals surface area (Å²) in [6.45, 7) is 1.91. The number of pyridine rings is 1. The van der Waals surface area contributed by atoms with Crippen LogP contribution in [0.25, 0.3) is 0 Å². The lowest BCUT2D eigenvalue weighted by molar-refractivity contribution is -0.115. The van der Waals surface area contributed by atoms with E-state index in [2.05, 4.69) is 10.3 Å². The number of amides is 1. The number of hydrogen-bond donors (Lipinski definition) is 1. The summed E-state index contributed by atoms with van der Waals surface area (Å²) in [7, 11) is 0. The zero-order valence-corrected chi connectivity index (χ0v) is 14.2. The van der Waals surface area contributed by atoms with Crippen molar-refractivity contribution in [3.8, 4) is 0 Å². The van der Waals surface area contributed by atoms with Gasteiger partial charge in [0.05, 0.1) is 0 Å². The predicted molar refractivity (Wildman–Crippen MR) is 99.1 cm³/mol. The number of carbonyl (C=O) groups excluding carboxylic acids is 1. The fraction of sp³-hybridized carbons (Fsp3) is 0.100. The Labute approximate surface area is 146 Å². The molecule has 24 heavy (non-hydrogen) atoms. The number of anilines is 1. The molecule has 1 atom stereocenters. The third kappa shape index (κ3) is 4.24. The van der Waals surface area contributed by atoms with Crippen LogP contribution in [0.1, 0.15) is 16.5 Å². The van der Waals surface area contributed by atoms with Gasteiger partial charge in [0.2, 0.25) is 5.91 Å². The smallest absolute Gasteiger partial charge is 0.243 e. The molecule has 1 amide bonds. The third-order valence-corrected chi connectivity index (χ3v) is 4.74. The summed E-state index contributed by atoms with van der Waals surface area (Å²) >= 11 is 1.53. The van der Waals surface area contributed by atoms with Crippen molar-refractivity contribution >= 4 is 23.5 Å². The summed E-state index contributed by atoms with van der Waals surface area (Å²) < 4.78 is 0. The lowest BCUT2D eigenvalue weighted by Crippen LogP contribution is -2.19. The van der Waals surface area contributed by atoms with E-state index in [4.69, 9.17) is 0 Å². The van der Waals surface area contributed by atoms with E-state index in [-0.39, 0.29) is 11.2 Å². The molecule has 4 heteroatoms. The second-order valence-corrected chi connectivity index (χ2v) is 6.55. The first-order chi connectivity index (χ1) is 11.7. The minimum Gasteiger partial charge on any atom is -0.309 e. The summed E-state index contributed by atoms with van der Waals surface area (Å²) in [6.07, 6.45) is 0. The fourth-order valence-electron chi connectivity index (χ4n) is 2.34. The van der Waals surface area contributed by atoms with E-state index >= 15 is 0 Å². The lowest BCUT2D eigenvalue weighted by Gasteiger charge is -2.17. The molecule has 1 heterocycles. The number of hydrogen-bond acceptors (Lipinski definition) is 3. The lowest BCUT2D eigenvalue weighted by atomic mass is 10.1. The molecule has 0 radical (unpaired) electrons. The van der Waals surface area contributed by atoms with E-state index in [1.165, 1.54) is 11.8 Å². The number of nitrogens with one attached hydrogen (secondary N) is 1. The quantitative estimate of drug-likeness (QED) is 0.677. The van der Waals surface area contributed by atoms with Crippen molar-refractivity contribution in [3.63, 3.8) is 0 Å². The Bertz CT molecular complexity index is 806. The minimum absolute atomic E-state index is 0.0758. The van der Waals surface area contributed by atoms with Crippen molar-refractivity contribution in [3.05, 3.63) is 90.1 Å². The largest absolute Gasteiger partial charge is 0.309 e. The molecule has 120 valence electrons. The molecule has 1 aromatic heterocycles. The normalized spacial score (nSPS) is 11.7. The summed E-state index contributed by atoms with van der Waals surface area (Å²) in [6, 6.07) is 25.4. The number of nitrogens with zero attached hydrogens (tertiary/aromatic N) is 1. The minimum atomic E-state index is -0.337. The average Bonchev–Trinajstić information content (AvgIpc) is 2.61. The zero-order valence-electron chi connectivity index (χ0n) is 13.3. The Morgan fingerprint density at radius 1 is 0.917 bits per heavy atom. The van der Waals surface area contributed by atoms with Crippen LogP contribution in [0.3, 0.4) is 0 Å². The van der Waals surface area contributed by atoms with Gasteiger partial charge in [0.15, 0.2) is 0 Å². The van der Waals surface area contributed by atoms with Crippen LogP contribution in [0, 0.1) is 6.92 Å². The first kappa shape index (κ1) is 16.3. The molecule has 3 rings (SSSR count). The van der Waals surface area contributed by atoms with Crippen LogP contribution in [0.4, 0.5) is 5.82 Å². The van der Waals surface area contributed by atoms with Crippen molar-refractivity contribution in [2.45, 2.75) is 17.1 Å². The second kappa shape index (κ2) is 7.79. The molecule has 0 fully saturated rings. The Kier molecular flexibility index (Phi) is 5.29. The number of aryl methyl sites for hydroxylation is 1. The van der Waals surface area contributed by atoms with Gasteiger partial charge in [-0.25, -0.2) is 4.98 Å². The van der Waals surface area contributed by atoms with Crippen LogP contribution in [0.5, 0.6) is 0 Å². The van der Waals surface area contributed by atoms with Crippen molar-refractivity contribution < 1.29 is 4.79 Å². The van der Waals surface area contributed by atoms with E-state index in [0.29, 0.717) is 5.82 Å². The van der Waals surface area contributed by atoms with E-state index < -0.39 is 0 Å². The average molecular weight is 334 g/mol. The van der Waals surface area contributed by atoms with Gasteiger partial charge in [0, 0.05) is 10.6 Å². The van der Waals surface area contributed by atoms with Gasteiger partial charge >= 0.3 is 0 Å². The number of rotatable bonds is 5. The molecular formula is C20H18N2OS. The highest BCUT2D eigenvalue weighted by atomic mass is 32.2. The van der Waals surface area contributed by atoms with Crippen molar-refractivity contribution in [2.24, 2.45) is 0 Å². The highest BCUT2D eigenvalue weighted by Crippen LogP contribution is 2.35. The molecule has 0 aliphatic carbocycles. The summed E-state index contributed by atoms with van der Waals surface area (Å²) in [4.78, 5) is 18.3. The molecule has 3 aromatic rings. The molecule has 0 saturated carbocycles. The van der Waals surface area contributed by atoms with Gasteiger partial charge in [-0.2, -0.15) is 0 Å². The zero-order chi connectivity index (χ0) is 16.8. The van der Waals surface area contributed by atoms with Crippen molar-refractivity contribution in [2.75, 3.05) is 5.32 Å². The molecule has 1 N–H and O–H groups in total. The molecule has 0 bridgehead atoms.